The summed E-state index contributed by atoms with van der Waals surface area (Å²) in [5, 5.41) is 3.02. The largest absolute Gasteiger partial charge is 0.117 e. The molecule has 3 aromatic rings. The van der Waals surface area contributed by atoms with E-state index in [-0.39, 0.29) is 5.38 Å². The van der Waals surface area contributed by atoms with Crippen molar-refractivity contribution in [3.05, 3.63) is 81.3 Å². The van der Waals surface area contributed by atoms with Gasteiger partial charge in [-0.3, -0.25) is 0 Å². The Morgan fingerprint density at radius 3 is 2.48 bits per heavy atom. The predicted molar refractivity (Wildman–Crippen MR) is 95.4 cm³/mol. The van der Waals surface area contributed by atoms with Crippen molar-refractivity contribution in [1.29, 1.82) is 0 Å². The van der Waals surface area contributed by atoms with Crippen LogP contribution in [0.15, 0.2) is 65.1 Å². The summed E-state index contributed by atoms with van der Waals surface area (Å²) in [7, 11) is 0. The van der Waals surface area contributed by atoms with E-state index in [1.165, 1.54) is 16.3 Å². The lowest BCUT2D eigenvalue weighted by Gasteiger charge is -2.14. The first kappa shape index (κ1) is 14.9. The normalized spacial score (nSPS) is 12.5. The molecule has 0 aliphatic rings. The Kier molecular flexibility index (Phi) is 4.54. The third kappa shape index (κ3) is 3.11. The van der Waals surface area contributed by atoms with Gasteiger partial charge < -0.3 is 0 Å². The van der Waals surface area contributed by atoms with E-state index in [0.29, 0.717) is 5.02 Å². The quantitative estimate of drug-likeness (QED) is 0.440. The Morgan fingerprint density at radius 2 is 1.62 bits per heavy atom. The van der Waals surface area contributed by atoms with Gasteiger partial charge in [-0.1, -0.05) is 66.2 Å². The molecule has 0 N–H and O–H groups in total. The summed E-state index contributed by atoms with van der Waals surface area (Å²) in [6.45, 7) is 0. The van der Waals surface area contributed by atoms with E-state index in [0.717, 1.165) is 16.5 Å². The van der Waals surface area contributed by atoms with Gasteiger partial charge in [-0.15, -0.1) is 11.6 Å². The van der Waals surface area contributed by atoms with E-state index in [2.05, 4.69) is 58.4 Å². The summed E-state index contributed by atoms with van der Waals surface area (Å²) in [4.78, 5) is 0. The number of fused-ring (bicyclic) bond motifs is 1. The second-order valence-electron chi connectivity index (χ2n) is 4.95. The summed E-state index contributed by atoms with van der Waals surface area (Å²) >= 11 is 16.4. The predicted octanol–water partition coefficient (Wildman–Crippen LogP) is 6.78. The summed E-state index contributed by atoms with van der Waals surface area (Å²) in [5.41, 5.74) is 2.20. The van der Waals surface area contributed by atoms with Gasteiger partial charge in [0.15, 0.2) is 0 Å². The summed E-state index contributed by atoms with van der Waals surface area (Å²) in [5.74, 6) is 0. The monoisotopic (exact) mass is 378 g/mol. The van der Waals surface area contributed by atoms with Gasteiger partial charge in [-0.05, 0) is 50.3 Å². The molecule has 3 aromatic carbocycles. The van der Waals surface area contributed by atoms with E-state index < -0.39 is 0 Å². The van der Waals surface area contributed by atoms with Crippen LogP contribution < -0.4 is 0 Å². The van der Waals surface area contributed by atoms with Crippen LogP contribution in [0.3, 0.4) is 0 Å². The second-order valence-corrected chi connectivity index (χ2v) is 6.71. The number of hydrogen-bond acceptors (Lipinski definition) is 0. The molecule has 0 bridgehead atoms. The average molecular weight is 380 g/mol. The highest BCUT2D eigenvalue weighted by Crippen LogP contribution is 2.36. The molecule has 1 atom stereocenters. The lowest BCUT2D eigenvalue weighted by molar-refractivity contribution is 0.927. The Balaban J connectivity index is 1.97. The van der Waals surface area contributed by atoms with Crippen molar-refractivity contribution in [3.8, 4) is 0 Å². The molecule has 0 aromatic heterocycles. The van der Waals surface area contributed by atoms with Crippen LogP contribution >= 0.6 is 39.1 Å². The molecule has 21 heavy (non-hydrogen) atoms. The topological polar surface area (TPSA) is 0 Å². The lowest BCUT2D eigenvalue weighted by Crippen LogP contribution is -1.98. The molecule has 0 aliphatic heterocycles. The zero-order valence-electron chi connectivity index (χ0n) is 11.2. The van der Waals surface area contributed by atoms with Crippen LogP contribution in [0, 0.1) is 0 Å². The summed E-state index contributed by atoms with van der Waals surface area (Å²) in [6.07, 6.45) is 0.749. The van der Waals surface area contributed by atoms with Crippen LogP contribution in [0.4, 0.5) is 0 Å². The van der Waals surface area contributed by atoms with Crippen LogP contribution in [0.25, 0.3) is 10.8 Å². The fourth-order valence-corrected chi connectivity index (χ4v) is 3.58. The minimum atomic E-state index is -0.152. The molecule has 0 aliphatic carbocycles. The standard InChI is InChI=1S/C18H13BrCl2/c19-16-10-4-9-15(18(16)21)17(20)11-13-7-3-6-12-5-1-2-8-14(12)13/h1-10,17H,11H2. The van der Waals surface area contributed by atoms with Gasteiger partial charge >= 0.3 is 0 Å². The van der Waals surface area contributed by atoms with Crippen molar-refractivity contribution in [2.24, 2.45) is 0 Å². The Morgan fingerprint density at radius 1 is 0.905 bits per heavy atom. The highest BCUT2D eigenvalue weighted by Gasteiger charge is 2.15. The van der Waals surface area contributed by atoms with Crippen molar-refractivity contribution in [2.45, 2.75) is 11.8 Å². The van der Waals surface area contributed by atoms with Crippen molar-refractivity contribution < 1.29 is 0 Å². The Hall–Kier alpha value is -1.02. The number of rotatable bonds is 3. The van der Waals surface area contributed by atoms with Gasteiger partial charge in [-0.2, -0.15) is 0 Å². The summed E-state index contributed by atoms with van der Waals surface area (Å²) < 4.78 is 0.880. The Bertz CT molecular complexity index is 778. The maximum absolute atomic E-state index is 6.61. The molecular weight excluding hydrogens is 367 g/mol. The Labute approximate surface area is 142 Å². The molecule has 0 saturated heterocycles. The first-order valence-corrected chi connectivity index (χ1v) is 8.32. The molecule has 0 spiro atoms. The first-order valence-electron chi connectivity index (χ1n) is 6.71. The van der Waals surface area contributed by atoms with Crippen LogP contribution in [0.2, 0.25) is 5.02 Å². The van der Waals surface area contributed by atoms with Crippen LogP contribution in [0.1, 0.15) is 16.5 Å². The van der Waals surface area contributed by atoms with Crippen LogP contribution in [-0.2, 0) is 6.42 Å². The number of alkyl halides is 1. The number of halogens is 3. The molecule has 0 heterocycles. The van der Waals surface area contributed by atoms with Gasteiger partial charge in [0.2, 0.25) is 0 Å². The fraction of sp³-hybridized carbons (Fsp3) is 0.111. The molecule has 0 radical (unpaired) electrons. The molecular formula is C18H13BrCl2. The SMILES string of the molecule is Clc1c(Br)cccc1C(Cl)Cc1cccc2ccccc12. The third-order valence-electron chi connectivity index (χ3n) is 3.60. The van der Waals surface area contributed by atoms with Crippen LogP contribution in [-0.4, -0.2) is 0 Å². The van der Waals surface area contributed by atoms with Crippen molar-refractivity contribution >= 4 is 49.9 Å². The average Bonchev–Trinajstić information content (AvgIpc) is 2.50. The zero-order valence-corrected chi connectivity index (χ0v) is 14.3. The molecule has 1 unspecified atom stereocenters. The molecule has 0 amide bonds. The second kappa shape index (κ2) is 6.39. The number of hydrogen-bond donors (Lipinski definition) is 0. The molecule has 106 valence electrons. The molecule has 0 fully saturated rings. The lowest BCUT2D eigenvalue weighted by atomic mass is 9.98. The van der Waals surface area contributed by atoms with Crippen molar-refractivity contribution in [3.63, 3.8) is 0 Å². The van der Waals surface area contributed by atoms with E-state index in [9.17, 15) is 0 Å². The van der Waals surface area contributed by atoms with Crippen molar-refractivity contribution in [1.82, 2.24) is 0 Å². The third-order valence-corrected chi connectivity index (χ3v) is 5.30. The molecule has 0 nitrogen and oxygen atoms in total. The van der Waals surface area contributed by atoms with Gasteiger partial charge in [0.25, 0.3) is 0 Å². The first-order chi connectivity index (χ1) is 10.2. The fourth-order valence-electron chi connectivity index (χ4n) is 2.54. The molecule has 3 rings (SSSR count). The minimum absolute atomic E-state index is 0.152. The van der Waals surface area contributed by atoms with Gasteiger partial charge in [-0.25, -0.2) is 0 Å². The summed E-state index contributed by atoms with van der Waals surface area (Å²) in [6, 6.07) is 20.6. The van der Waals surface area contributed by atoms with Gasteiger partial charge in [0.1, 0.15) is 0 Å². The van der Waals surface area contributed by atoms with Gasteiger partial charge in [0.05, 0.1) is 10.4 Å². The highest BCUT2D eigenvalue weighted by atomic mass is 79.9. The van der Waals surface area contributed by atoms with E-state index in [1.807, 2.05) is 18.2 Å². The van der Waals surface area contributed by atoms with Crippen LogP contribution in [0.5, 0.6) is 0 Å². The number of benzene rings is 3. The highest BCUT2D eigenvalue weighted by molar-refractivity contribution is 9.10. The minimum Gasteiger partial charge on any atom is -0.117 e. The van der Waals surface area contributed by atoms with E-state index in [1.54, 1.807) is 0 Å². The van der Waals surface area contributed by atoms with Crippen molar-refractivity contribution in [2.75, 3.05) is 0 Å². The smallest absolute Gasteiger partial charge is 0.0640 e. The molecule has 3 heteroatoms. The van der Waals surface area contributed by atoms with Gasteiger partial charge in [0, 0.05) is 4.47 Å². The maximum atomic E-state index is 6.61. The molecule has 0 saturated carbocycles. The van der Waals surface area contributed by atoms with E-state index >= 15 is 0 Å². The zero-order chi connectivity index (χ0) is 14.8. The van der Waals surface area contributed by atoms with E-state index in [4.69, 9.17) is 23.2 Å². The maximum Gasteiger partial charge on any atom is 0.0640 e.